The molecular formula is C21H23N5O4. The Morgan fingerprint density at radius 1 is 1.17 bits per heavy atom. The molecule has 9 heteroatoms. The van der Waals surface area contributed by atoms with Crippen LogP contribution in [0.15, 0.2) is 54.9 Å². The first-order valence-electron chi connectivity index (χ1n) is 9.38. The van der Waals surface area contributed by atoms with Crippen molar-refractivity contribution in [1.82, 2.24) is 20.5 Å². The second-order valence-corrected chi connectivity index (χ2v) is 6.38. The average molecular weight is 409 g/mol. The van der Waals surface area contributed by atoms with E-state index in [0.29, 0.717) is 17.1 Å². The molecule has 1 atom stereocenters. The zero-order valence-corrected chi connectivity index (χ0v) is 16.7. The molecule has 3 rings (SSSR count). The number of carbonyl (C=O) groups excluding carboxylic acids is 2. The lowest BCUT2D eigenvalue weighted by Crippen LogP contribution is -2.34. The Balaban J connectivity index is 1.81. The lowest BCUT2D eigenvalue weighted by Gasteiger charge is -2.18. The van der Waals surface area contributed by atoms with Gasteiger partial charge in [0.1, 0.15) is 12.4 Å². The molecule has 2 amide bonds. The van der Waals surface area contributed by atoms with E-state index in [1.165, 1.54) is 6.33 Å². The molecule has 0 saturated heterocycles. The van der Waals surface area contributed by atoms with Crippen LogP contribution in [0.1, 0.15) is 40.3 Å². The molecule has 1 aromatic heterocycles. The van der Waals surface area contributed by atoms with Crippen molar-refractivity contribution in [1.29, 1.82) is 0 Å². The molecule has 2 aromatic carbocycles. The Morgan fingerprint density at radius 3 is 2.63 bits per heavy atom. The van der Waals surface area contributed by atoms with E-state index in [1.54, 1.807) is 32.2 Å². The zero-order chi connectivity index (χ0) is 21.3. The second-order valence-electron chi connectivity index (χ2n) is 6.38. The lowest BCUT2D eigenvalue weighted by atomic mass is 10.1. The summed E-state index contributed by atoms with van der Waals surface area (Å²) < 4.78 is 10.2. The van der Waals surface area contributed by atoms with Gasteiger partial charge < -0.3 is 20.1 Å². The number of amides is 2. The first-order chi connectivity index (χ1) is 14.6. The smallest absolute Gasteiger partial charge is 0.338 e. The summed E-state index contributed by atoms with van der Waals surface area (Å²) >= 11 is 0. The highest BCUT2D eigenvalue weighted by atomic mass is 16.5. The third-order valence-corrected chi connectivity index (χ3v) is 4.19. The van der Waals surface area contributed by atoms with Crippen LogP contribution >= 0.6 is 0 Å². The topological polar surface area (TPSA) is 118 Å². The number of rotatable bonds is 8. The van der Waals surface area contributed by atoms with Crippen molar-refractivity contribution in [3.05, 3.63) is 77.4 Å². The highest BCUT2D eigenvalue weighted by Crippen LogP contribution is 2.20. The number of hydrogen-bond acceptors (Lipinski definition) is 6. The Kier molecular flexibility index (Phi) is 7.12. The van der Waals surface area contributed by atoms with Crippen LogP contribution in [-0.2, 0) is 16.1 Å². The van der Waals surface area contributed by atoms with Gasteiger partial charge in [-0.3, -0.25) is 5.10 Å². The predicted molar refractivity (Wildman–Crippen MR) is 110 cm³/mol. The van der Waals surface area contributed by atoms with Gasteiger partial charge >= 0.3 is 12.0 Å². The van der Waals surface area contributed by atoms with Gasteiger partial charge in [-0.15, -0.1) is 0 Å². The van der Waals surface area contributed by atoms with E-state index in [9.17, 15) is 9.59 Å². The molecular weight excluding hydrogens is 386 g/mol. The summed E-state index contributed by atoms with van der Waals surface area (Å²) in [5.74, 6) is 0.0272. The molecule has 0 fully saturated rings. The van der Waals surface area contributed by atoms with Crippen LogP contribution in [0.4, 0.5) is 10.5 Å². The van der Waals surface area contributed by atoms with Gasteiger partial charge in [-0.25, -0.2) is 14.6 Å². The quantitative estimate of drug-likeness (QED) is 0.492. The number of benzene rings is 2. The van der Waals surface area contributed by atoms with E-state index in [4.69, 9.17) is 9.47 Å². The SMILES string of the molecule is CCOC(=O)c1cc(COC)cc(NC(=O)NC(c2ccccc2)c2ncn[nH]2)c1. The monoisotopic (exact) mass is 409 g/mol. The fourth-order valence-electron chi connectivity index (χ4n) is 2.95. The van der Waals surface area contributed by atoms with E-state index in [2.05, 4.69) is 25.8 Å². The molecule has 0 aliphatic carbocycles. The highest BCUT2D eigenvalue weighted by molar-refractivity contribution is 5.94. The van der Waals surface area contributed by atoms with Crippen molar-refractivity contribution in [3.63, 3.8) is 0 Å². The van der Waals surface area contributed by atoms with Crippen molar-refractivity contribution in [2.24, 2.45) is 0 Å². The summed E-state index contributed by atoms with van der Waals surface area (Å²) in [6, 6.07) is 13.4. The Hall–Kier alpha value is -3.72. The van der Waals surface area contributed by atoms with Gasteiger partial charge in [-0.1, -0.05) is 30.3 Å². The number of aromatic nitrogens is 3. The van der Waals surface area contributed by atoms with Crippen molar-refractivity contribution in [2.75, 3.05) is 19.0 Å². The van der Waals surface area contributed by atoms with Gasteiger partial charge in [0.25, 0.3) is 0 Å². The van der Waals surface area contributed by atoms with Crippen LogP contribution < -0.4 is 10.6 Å². The Morgan fingerprint density at radius 2 is 1.97 bits per heavy atom. The number of nitrogens with zero attached hydrogens (tertiary/aromatic N) is 2. The van der Waals surface area contributed by atoms with E-state index in [1.807, 2.05) is 30.3 Å². The first-order valence-corrected chi connectivity index (χ1v) is 9.38. The minimum absolute atomic E-state index is 0.256. The fourth-order valence-corrected chi connectivity index (χ4v) is 2.95. The van der Waals surface area contributed by atoms with Crippen molar-refractivity contribution in [3.8, 4) is 0 Å². The molecule has 0 saturated carbocycles. The molecule has 0 aliphatic heterocycles. The van der Waals surface area contributed by atoms with Crippen LogP contribution in [0.3, 0.4) is 0 Å². The third kappa shape index (κ3) is 5.42. The van der Waals surface area contributed by atoms with Gasteiger partial charge in [0.05, 0.1) is 18.8 Å². The standard InChI is InChI=1S/C21H23N5O4/c1-3-30-20(27)16-9-14(12-29-2)10-17(11-16)24-21(28)25-18(19-22-13-23-26-19)15-7-5-4-6-8-15/h4-11,13,18H,3,12H2,1-2H3,(H,22,23,26)(H2,24,25,28). The van der Waals surface area contributed by atoms with Crippen molar-refractivity contribution < 1.29 is 19.1 Å². The number of carbonyl (C=O) groups is 2. The third-order valence-electron chi connectivity index (χ3n) is 4.19. The highest BCUT2D eigenvalue weighted by Gasteiger charge is 2.20. The van der Waals surface area contributed by atoms with Gasteiger partial charge in [0, 0.05) is 12.8 Å². The molecule has 3 N–H and O–H groups in total. The second kappa shape index (κ2) is 10.2. The molecule has 1 heterocycles. The van der Waals surface area contributed by atoms with Crippen LogP contribution in [0.25, 0.3) is 0 Å². The lowest BCUT2D eigenvalue weighted by molar-refractivity contribution is 0.0526. The summed E-state index contributed by atoms with van der Waals surface area (Å²) in [6.45, 7) is 2.28. The minimum atomic E-state index is -0.527. The Bertz CT molecular complexity index is 976. The molecule has 0 bridgehead atoms. The van der Waals surface area contributed by atoms with E-state index in [0.717, 1.165) is 11.1 Å². The number of anilines is 1. The normalized spacial score (nSPS) is 11.5. The summed E-state index contributed by atoms with van der Waals surface area (Å²) in [7, 11) is 1.55. The van der Waals surface area contributed by atoms with Crippen LogP contribution in [0.5, 0.6) is 0 Å². The summed E-state index contributed by atoms with van der Waals surface area (Å²) in [5, 5.41) is 12.3. The van der Waals surface area contributed by atoms with Gasteiger partial charge in [-0.05, 0) is 36.2 Å². The van der Waals surface area contributed by atoms with Crippen LogP contribution in [0.2, 0.25) is 0 Å². The number of urea groups is 1. The van der Waals surface area contributed by atoms with E-state index >= 15 is 0 Å². The minimum Gasteiger partial charge on any atom is -0.462 e. The number of methoxy groups -OCH3 is 1. The molecule has 0 spiro atoms. The number of esters is 1. The molecule has 0 aliphatic rings. The van der Waals surface area contributed by atoms with E-state index in [-0.39, 0.29) is 13.2 Å². The summed E-state index contributed by atoms with van der Waals surface area (Å²) in [6.07, 6.45) is 1.38. The number of aromatic amines is 1. The maximum atomic E-state index is 12.7. The van der Waals surface area contributed by atoms with Gasteiger partial charge in [-0.2, -0.15) is 5.10 Å². The van der Waals surface area contributed by atoms with Crippen molar-refractivity contribution in [2.45, 2.75) is 19.6 Å². The van der Waals surface area contributed by atoms with Crippen LogP contribution in [-0.4, -0.2) is 40.9 Å². The number of hydrogen-bond donors (Lipinski definition) is 3. The molecule has 3 aromatic rings. The maximum absolute atomic E-state index is 12.7. The number of H-pyrrole nitrogens is 1. The maximum Gasteiger partial charge on any atom is 0.338 e. The van der Waals surface area contributed by atoms with Crippen LogP contribution in [0, 0.1) is 0 Å². The number of ether oxygens (including phenoxy) is 2. The zero-order valence-electron chi connectivity index (χ0n) is 16.7. The van der Waals surface area contributed by atoms with Crippen molar-refractivity contribution >= 4 is 17.7 Å². The predicted octanol–water partition coefficient (Wildman–Crippen LogP) is 3.04. The van der Waals surface area contributed by atoms with E-state index < -0.39 is 18.0 Å². The Labute approximate surface area is 173 Å². The largest absolute Gasteiger partial charge is 0.462 e. The molecule has 0 radical (unpaired) electrons. The molecule has 1 unspecified atom stereocenters. The van der Waals surface area contributed by atoms with Gasteiger partial charge in [0.2, 0.25) is 0 Å². The molecule has 9 nitrogen and oxygen atoms in total. The number of nitrogens with one attached hydrogen (secondary N) is 3. The van der Waals surface area contributed by atoms with Gasteiger partial charge in [0.15, 0.2) is 5.82 Å². The average Bonchev–Trinajstić information content (AvgIpc) is 3.27. The summed E-state index contributed by atoms with van der Waals surface area (Å²) in [5.41, 5.74) is 2.34. The first kappa shape index (κ1) is 21.0. The molecule has 156 valence electrons. The fraction of sp³-hybridized carbons (Fsp3) is 0.238. The summed E-state index contributed by atoms with van der Waals surface area (Å²) in [4.78, 5) is 29.0. The molecule has 30 heavy (non-hydrogen) atoms.